The highest BCUT2D eigenvalue weighted by molar-refractivity contribution is 8.13. The molecular formula is C21H24N2O3S2. The Labute approximate surface area is 170 Å². The lowest BCUT2D eigenvalue weighted by atomic mass is 10.1. The van der Waals surface area contributed by atoms with Gasteiger partial charge in [0.15, 0.2) is 15.0 Å². The number of para-hydroxylation sites is 2. The number of rotatable bonds is 4. The second-order valence-corrected chi connectivity index (χ2v) is 10.5. The lowest BCUT2D eigenvalue weighted by Gasteiger charge is -2.28. The van der Waals surface area contributed by atoms with Crippen LogP contribution >= 0.6 is 11.8 Å². The molecule has 2 heterocycles. The van der Waals surface area contributed by atoms with Crippen LogP contribution in [0, 0.1) is 13.8 Å². The summed E-state index contributed by atoms with van der Waals surface area (Å²) in [7, 11) is -1.43. The second-order valence-electron chi connectivity index (χ2n) is 7.37. The Morgan fingerprint density at radius 1 is 1.14 bits per heavy atom. The molecule has 0 spiro atoms. The van der Waals surface area contributed by atoms with E-state index in [0.717, 1.165) is 22.4 Å². The highest BCUT2D eigenvalue weighted by atomic mass is 32.2. The van der Waals surface area contributed by atoms with Gasteiger partial charge in [-0.05, 0) is 42.7 Å². The van der Waals surface area contributed by atoms with E-state index in [4.69, 9.17) is 9.73 Å². The fourth-order valence-electron chi connectivity index (χ4n) is 3.78. The Hall–Kier alpha value is -1.99. The Morgan fingerprint density at radius 2 is 1.93 bits per heavy atom. The van der Waals surface area contributed by atoms with Crippen molar-refractivity contribution in [1.29, 1.82) is 0 Å². The fourth-order valence-corrected chi connectivity index (χ4v) is 6.69. The number of nitrogens with zero attached hydrogens (tertiary/aromatic N) is 2. The Kier molecular flexibility index (Phi) is 5.14. The van der Waals surface area contributed by atoms with Crippen LogP contribution < -0.4 is 9.64 Å². The van der Waals surface area contributed by atoms with Crippen LogP contribution in [-0.2, 0) is 15.6 Å². The molecule has 2 atom stereocenters. The summed E-state index contributed by atoms with van der Waals surface area (Å²) < 4.78 is 29.9. The van der Waals surface area contributed by atoms with Gasteiger partial charge < -0.3 is 9.64 Å². The summed E-state index contributed by atoms with van der Waals surface area (Å²) in [6.45, 7) is 4.23. The summed E-state index contributed by atoms with van der Waals surface area (Å²) in [5.41, 5.74) is 4.67. The first-order valence-corrected chi connectivity index (χ1v) is 12.1. The van der Waals surface area contributed by atoms with Crippen LogP contribution in [0.4, 0.5) is 5.69 Å². The number of sulfone groups is 1. The van der Waals surface area contributed by atoms with Gasteiger partial charge in [-0.3, -0.25) is 4.99 Å². The lowest BCUT2D eigenvalue weighted by molar-refractivity contribution is 0.415. The molecule has 0 N–H and O–H groups in total. The van der Waals surface area contributed by atoms with Gasteiger partial charge in [0, 0.05) is 5.75 Å². The van der Waals surface area contributed by atoms with E-state index in [9.17, 15) is 8.42 Å². The number of aryl methyl sites for hydroxylation is 2. The predicted octanol–water partition coefficient (Wildman–Crippen LogP) is 3.59. The zero-order valence-corrected chi connectivity index (χ0v) is 17.9. The summed E-state index contributed by atoms with van der Waals surface area (Å²) in [5.74, 6) is 1.77. The van der Waals surface area contributed by atoms with Crippen LogP contribution in [0.1, 0.15) is 16.7 Å². The van der Waals surface area contributed by atoms with Crippen LogP contribution in [0.25, 0.3) is 0 Å². The second kappa shape index (κ2) is 7.44. The molecule has 0 radical (unpaired) electrons. The van der Waals surface area contributed by atoms with E-state index in [1.54, 1.807) is 18.9 Å². The zero-order chi connectivity index (χ0) is 19.9. The van der Waals surface area contributed by atoms with Crippen LogP contribution in [0.3, 0.4) is 0 Å². The molecular weight excluding hydrogens is 392 g/mol. The molecule has 1 fully saturated rings. The molecule has 1 saturated heterocycles. The molecule has 148 valence electrons. The fraction of sp³-hybridized carbons (Fsp3) is 0.381. The number of hydrogen-bond donors (Lipinski definition) is 0. The van der Waals surface area contributed by atoms with E-state index in [2.05, 4.69) is 36.9 Å². The van der Waals surface area contributed by atoms with Gasteiger partial charge in [0.05, 0.1) is 36.4 Å². The van der Waals surface area contributed by atoms with Crippen molar-refractivity contribution in [3.8, 4) is 5.75 Å². The maximum absolute atomic E-state index is 12.2. The molecule has 0 unspecified atom stereocenters. The Morgan fingerprint density at radius 3 is 2.68 bits per heavy atom. The molecule has 4 rings (SSSR count). The minimum Gasteiger partial charge on any atom is -0.495 e. The monoisotopic (exact) mass is 416 g/mol. The maximum atomic E-state index is 12.2. The third-order valence-electron chi connectivity index (χ3n) is 5.39. The first kappa shape index (κ1) is 19.3. The number of anilines is 1. The normalized spacial score (nSPS) is 22.8. The minimum atomic E-state index is -3.07. The quantitative estimate of drug-likeness (QED) is 0.762. The third-order valence-corrected chi connectivity index (χ3v) is 8.13. The van der Waals surface area contributed by atoms with Gasteiger partial charge in [-0.1, -0.05) is 42.1 Å². The number of ether oxygens (including phenoxy) is 1. The number of methoxy groups -OCH3 is 1. The zero-order valence-electron chi connectivity index (χ0n) is 16.3. The van der Waals surface area contributed by atoms with E-state index in [-0.39, 0.29) is 23.6 Å². The van der Waals surface area contributed by atoms with Crippen LogP contribution in [0.2, 0.25) is 0 Å². The maximum Gasteiger partial charge on any atom is 0.164 e. The average molecular weight is 417 g/mol. The Bertz CT molecular complexity index is 1030. The van der Waals surface area contributed by atoms with Gasteiger partial charge in [-0.2, -0.15) is 0 Å². The van der Waals surface area contributed by atoms with Gasteiger partial charge in [0.1, 0.15) is 5.75 Å². The summed E-state index contributed by atoms with van der Waals surface area (Å²) in [4.78, 5) is 6.87. The molecule has 2 aliphatic heterocycles. The van der Waals surface area contributed by atoms with Crippen molar-refractivity contribution in [3.05, 3.63) is 59.2 Å². The highest BCUT2D eigenvalue weighted by Crippen LogP contribution is 2.39. The SMILES string of the molecule is COc1ccccc1N1C(SCc2ccc(C)c(C)c2)=N[C@H]2CS(=O)(=O)C[C@@H]21. The smallest absolute Gasteiger partial charge is 0.164 e. The van der Waals surface area contributed by atoms with Gasteiger partial charge in [0.25, 0.3) is 0 Å². The van der Waals surface area contributed by atoms with Crippen LogP contribution in [0.5, 0.6) is 5.75 Å². The van der Waals surface area contributed by atoms with Gasteiger partial charge >= 0.3 is 0 Å². The first-order valence-electron chi connectivity index (χ1n) is 9.27. The number of fused-ring (bicyclic) bond motifs is 1. The first-order chi connectivity index (χ1) is 13.4. The Balaban J connectivity index is 1.64. The van der Waals surface area contributed by atoms with Crippen molar-refractivity contribution >= 4 is 32.5 Å². The predicted molar refractivity (Wildman–Crippen MR) is 116 cm³/mol. The topological polar surface area (TPSA) is 59.0 Å². The van der Waals surface area contributed by atoms with Crippen molar-refractivity contribution in [2.45, 2.75) is 31.7 Å². The van der Waals surface area contributed by atoms with Crippen molar-refractivity contribution in [2.75, 3.05) is 23.5 Å². The van der Waals surface area contributed by atoms with E-state index >= 15 is 0 Å². The van der Waals surface area contributed by atoms with E-state index < -0.39 is 9.84 Å². The molecule has 0 aromatic heterocycles. The molecule has 2 aromatic rings. The van der Waals surface area contributed by atoms with E-state index in [1.807, 2.05) is 24.3 Å². The van der Waals surface area contributed by atoms with E-state index in [0.29, 0.717) is 0 Å². The standard InChI is InChI=1S/C21H24N2O3S2/c1-14-8-9-16(10-15(14)2)11-27-21-22-17-12-28(24,25)13-19(17)23(21)18-6-4-5-7-20(18)26-3/h4-10,17,19H,11-13H2,1-3H3/t17-,19-/m0/s1. The molecule has 0 aliphatic carbocycles. The molecule has 2 aliphatic rings. The van der Waals surface area contributed by atoms with Gasteiger partial charge in [0.2, 0.25) is 0 Å². The molecule has 0 amide bonds. The molecule has 5 nitrogen and oxygen atoms in total. The summed E-state index contributed by atoms with van der Waals surface area (Å²) in [6, 6.07) is 13.8. The number of benzene rings is 2. The largest absolute Gasteiger partial charge is 0.495 e. The van der Waals surface area contributed by atoms with Crippen molar-refractivity contribution in [3.63, 3.8) is 0 Å². The summed E-state index contributed by atoms with van der Waals surface area (Å²) in [6.07, 6.45) is 0. The number of thioether (sulfide) groups is 1. The van der Waals surface area contributed by atoms with Crippen molar-refractivity contribution in [1.82, 2.24) is 0 Å². The number of aliphatic imine (C=N–C) groups is 1. The molecule has 0 saturated carbocycles. The average Bonchev–Trinajstić information content (AvgIpc) is 3.13. The van der Waals surface area contributed by atoms with Crippen molar-refractivity contribution in [2.24, 2.45) is 4.99 Å². The van der Waals surface area contributed by atoms with Crippen LogP contribution in [-0.4, -0.2) is 44.3 Å². The van der Waals surface area contributed by atoms with Gasteiger partial charge in [-0.15, -0.1) is 0 Å². The number of amidine groups is 1. The molecule has 2 aromatic carbocycles. The van der Waals surface area contributed by atoms with E-state index in [1.165, 1.54) is 16.7 Å². The van der Waals surface area contributed by atoms with Crippen molar-refractivity contribution < 1.29 is 13.2 Å². The molecule has 28 heavy (non-hydrogen) atoms. The van der Waals surface area contributed by atoms with Crippen LogP contribution in [0.15, 0.2) is 47.5 Å². The molecule has 7 heteroatoms. The number of hydrogen-bond acceptors (Lipinski definition) is 6. The summed E-state index contributed by atoms with van der Waals surface area (Å²) >= 11 is 1.66. The van der Waals surface area contributed by atoms with Gasteiger partial charge in [-0.25, -0.2) is 8.42 Å². The summed E-state index contributed by atoms with van der Waals surface area (Å²) in [5, 5.41) is 0.868. The molecule has 0 bridgehead atoms. The third kappa shape index (κ3) is 3.65. The lowest BCUT2D eigenvalue weighted by Crippen LogP contribution is -2.39. The highest BCUT2D eigenvalue weighted by Gasteiger charge is 2.47. The minimum absolute atomic E-state index is 0.122.